The Balaban J connectivity index is 1.77. The lowest BCUT2D eigenvalue weighted by molar-refractivity contribution is -0.115. The first-order valence-corrected chi connectivity index (χ1v) is 9.63. The number of rotatable bonds is 4. The van der Waals surface area contributed by atoms with Crippen molar-refractivity contribution in [2.75, 3.05) is 23.3 Å². The Labute approximate surface area is 148 Å². The third kappa shape index (κ3) is 3.61. The van der Waals surface area contributed by atoms with Crippen molar-refractivity contribution < 1.29 is 13.2 Å². The smallest absolute Gasteiger partial charge is 0.243 e. The quantitative estimate of drug-likeness (QED) is 0.808. The second kappa shape index (κ2) is 6.54. The summed E-state index contributed by atoms with van der Waals surface area (Å²) < 4.78 is 23.8. The molecule has 2 aromatic carbocycles. The summed E-state index contributed by atoms with van der Waals surface area (Å²) in [6, 6.07) is 12.1. The molecule has 24 heavy (non-hydrogen) atoms. The number of nitrogens with one attached hydrogen (secondary N) is 1. The number of primary sulfonamides is 1. The average molecular weight is 410 g/mol. The van der Waals surface area contributed by atoms with Crippen molar-refractivity contribution in [1.82, 2.24) is 0 Å². The van der Waals surface area contributed by atoms with E-state index in [1.165, 1.54) is 12.1 Å². The van der Waals surface area contributed by atoms with E-state index in [9.17, 15) is 13.2 Å². The van der Waals surface area contributed by atoms with Crippen LogP contribution in [0.3, 0.4) is 0 Å². The molecule has 126 valence electrons. The molecule has 3 N–H and O–H groups in total. The van der Waals surface area contributed by atoms with Crippen molar-refractivity contribution in [2.45, 2.75) is 11.3 Å². The number of sulfonamides is 1. The van der Waals surface area contributed by atoms with Gasteiger partial charge in [-0.1, -0.05) is 18.2 Å². The summed E-state index contributed by atoms with van der Waals surface area (Å²) in [7, 11) is -3.76. The van der Waals surface area contributed by atoms with E-state index in [0.717, 1.165) is 22.1 Å². The molecule has 1 heterocycles. The van der Waals surface area contributed by atoms with Gasteiger partial charge in [-0.05, 0) is 52.2 Å². The molecule has 3 rings (SSSR count). The van der Waals surface area contributed by atoms with Gasteiger partial charge in [0.1, 0.15) is 0 Å². The van der Waals surface area contributed by atoms with Gasteiger partial charge in [-0.3, -0.25) is 4.79 Å². The van der Waals surface area contributed by atoms with Crippen molar-refractivity contribution in [3.05, 3.63) is 52.5 Å². The molecule has 8 heteroatoms. The van der Waals surface area contributed by atoms with E-state index in [0.29, 0.717) is 12.2 Å². The van der Waals surface area contributed by atoms with E-state index in [4.69, 9.17) is 5.14 Å². The molecule has 0 aliphatic carbocycles. The van der Waals surface area contributed by atoms with Crippen molar-refractivity contribution in [3.63, 3.8) is 0 Å². The van der Waals surface area contributed by atoms with Gasteiger partial charge in [0.25, 0.3) is 0 Å². The first-order valence-electron chi connectivity index (χ1n) is 7.29. The van der Waals surface area contributed by atoms with Crippen molar-refractivity contribution in [2.24, 2.45) is 5.14 Å². The molecule has 1 aliphatic heterocycles. The normalized spacial score (nSPS) is 13.7. The fraction of sp³-hybridized carbons (Fsp3) is 0.188. The number of nitrogens with zero attached hydrogens (tertiary/aromatic N) is 1. The number of para-hydroxylation sites is 1. The van der Waals surface area contributed by atoms with Crippen LogP contribution in [0.2, 0.25) is 0 Å². The van der Waals surface area contributed by atoms with Crippen molar-refractivity contribution >= 4 is 43.2 Å². The number of halogens is 1. The highest BCUT2D eigenvalue weighted by atomic mass is 79.9. The van der Waals surface area contributed by atoms with Crippen LogP contribution >= 0.6 is 15.9 Å². The lowest BCUT2D eigenvalue weighted by Crippen LogP contribution is -2.32. The maximum atomic E-state index is 12.3. The maximum Gasteiger partial charge on any atom is 0.243 e. The summed E-state index contributed by atoms with van der Waals surface area (Å²) in [6.07, 6.45) is 0.766. The van der Waals surface area contributed by atoms with Crippen LogP contribution in [0.25, 0.3) is 0 Å². The summed E-state index contributed by atoms with van der Waals surface area (Å²) in [5, 5.41) is 8.03. The third-order valence-electron chi connectivity index (χ3n) is 3.86. The zero-order valence-electron chi connectivity index (χ0n) is 12.7. The highest BCUT2D eigenvalue weighted by Gasteiger charge is 2.23. The van der Waals surface area contributed by atoms with E-state index < -0.39 is 10.0 Å². The summed E-state index contributed by atoms with van der Waals surface area (Å²) >= 11 is 3.39. The van der Waals surface area contributed by atoms with Crippen LogP contribution in [0.5, 0.6) is 0 Å². The summed E-state index contributed by atoms with van der Waals surface area (Å²) in [5.74, 6) is -0.171. The summed E-state index contributed by atoms with van der Waals surface area (Å²) in [4.78, 5) is 14.2. The zero-order valence-corrected chi connectivity index (χ0v) is 15.1. The Morgan fingerprint density at radius 3 is 2.71 bits per heavy atom. The molecule has 0 spiro atoms. The van der Waals surface area contributed by atoms with Gasteiger partial charge in [0.2, 0.25) is 15.9 Å². The number of fused-ring (bicyclic) bond motifs is 1. The number of anilines is 2. The van der Waals surface area contributed by atoms with Crippen LogP contribution in [0.15, 0.2) is 51.8 Å². The van der Waals surface area contributed by atoms with Gasteiger partial charge in [-0.15, -0.1) is 0 Å². The molecule has 0 saturated carbocycles. The SMILES string of the molecule is NS(=O)(=O)c1ccc2c(c1)N(CC(=O)Nc1ccccc1Br)CC2. The Bertz CT molecular complexity index is 899. The molecule has 6 nitrogen and oxygen atoms in total. The molecule has 0 bridgehead atoms. The molecule has 0 radical (unpaired) electrons. The Kier molecular flexibility index (Phi) is 4.62. The van der Waals surface area contributed by atoms with E-state index in [1.807, 2.05) is 23.1 Å². The first kappa shape index (κ1) is 16.9. The average Bonchev–Trinajstić information content (AvgIpc) is 2.91. The first-order chi connectivity index (χ1) is 11.3. The number of hydrogen-bond acceptors (Lipinski definition) is 4. The van der Waals surface area contributed by atoms with Gasteiger partial charge in [0.15, 0.2) is 0 Å². The number of hydrogen-bond donors (Lipinski definition) is 2. The van der Waals surface area contributed by atoms with Gasteiger partial charge in [0.05, 0.1) is 17.1 Å². The number of nitrogens with two attached hydrogens (primary N) is 1. The monoisotopic (exact) mass is 409 g/mol. The Morgan fingerprint density at radius 2 is 2.00 bits per heavy atom. The molecule has 2 aromatic rings. The standard InChI is InChI=1S/C16H16BrN3O3S/c17-13-3-1-2-4-14(13)19-16(21)10-20-8-7-11-5-6-12(9-15(11)20)24(18,22)23/h1-6,9H,7-8,10H2,(H,19,21)(H2,18,22,23). The second-order valence-corrected chi connectivity index (χ2v) is 7.95. The van der Waals surface area contributed by atoms with Crippen LogP contribution in [0, 0.1) is 0 Å². The topological polar surface area (TPSA) is 92.5 Å². The summed E-state index contributed by atoms with van der Waals surface area (Å²) in [6.45, 7) is 0.801. The van der Waals surface area contributed by atoms with Gasteiger partial charge in [-0.2, -0.15) is 0 Å². The number of benzene rings is 2. The van der Waals surface area contributed by atoms with Gasteiger partial charge >= 0.3 is 0 Å². The van der Waals surface area contributed by atoms with E-state index >= 15 is 0 Å². The number of carbonyl (C=O) groups excluding carboxylic acids is 1. The molecular formula is C16H16BrN3O3S. The fourth-order valence-corrected chi connectivity index (χ4v) is 3.61. The van der Waals surface area contributed by atoms with Gasteiger partial charge in [-0.25, -0.2) is 13.6 Å². The second-order valence-electron chi connectivity index (χ2n) is 5.54. The third-order valence-corrected chi connectivity index (χ3v) is 5.46. The fourth-order valence-electron chi connectivity index (χ4n) is 2.69. The number of amides is 1. The van der Waals surface area contributed by atoms with E-state index in [2.05, 4.69) is 21.2 Å². The summed E-state index contributed by atoms with van der Waals surface area (Å²) in [5.41, 5.74) is 2.44. The van der Waals surface area contributed by atoms with Crippen molar-refractivity contribution in [1.29, 1.82) is 0 Å². The molecule has 0 aromatic heterocycles. The largest absolute Gasteiger partial charge is 0.362 e. The highest BCUT2D eigenvalue weighted by Crippen LogP contribution is 2.30. The Morgan fingerprint density at radius 1 is 1.25 bits per heavy atom. The van der Waals surface area contributed by atoms with Gasteiger partial charge in [0, 0.05) is 16.7 Å². The minimum absolute atomic E-state index is 0.0550. The predicted octanol–water partition coefficient (Wildman–Crippen LogP) is 2.10. The molecule has 0 saturated heterocycles. The lowest BCUT2D eigenvalue weighted by Gasteiger charge is -2.19. The van der Waals surface area contributed by atoms with Crippen LogP contribution in [-0.4, -0.2) is 27.4 Å². The van der Waals surface area contributed by atoms with Crippen LogP contribution in [0.1, 0.15) is 5.56 Å². The van der Waals surface area contributed by atoms with Crippen LogP contribution < -0.4 is 15.4 Å². The Hall–Kier alpha value is -1.90. The predicted molar refractivity (Wildman–Crippen MR) is 96.5 cm³/mol. The zero-order chi connectivity index (χ0) is 17.3. The van der Waals surface area contributed by atoms with Gasteiger partial charge < -0.3 is 10.2 Å². The van der Waals surface area contributed by atoms with E-state index in [-0.39, 0.29) is 17.3 Å². The molecule has 0 unspecified atom stereocenters. The minimum atomic E-state index is -3.76. The number of carbonyl (C=O) groups is 1. The van der Waals surface area contributed by atoms with Crippen LogP contribution in [-0.2, 0) is 21.2 Å². The van der Waals surface area contributed by atoms with E-state index in [1.54, 1.807) is 12.1 Å². The van der Waals surface area contributed by atoms with Crippen LogP contribution in [0.4, 0.5) is 11.4 Å². The maximum absolute atomic E-state index is 12.3. The molecule has 0 fully saturated rings. The molecule has 1 aliphatic rings. The molecule has 0 atom stereocenters. The molecular weight excluding hydrogens is 394 g/mol. The molecule has 1 amide bonds. The van der Waals surface area contributed by atoms with Crippen molar-refractivity contribution in [3.8, 4) is 0 Å². The minimum Gasteiger partial charge on any atom is -0.362 e. The lowest BCUT2D eigenvalue weighted by atomic mass is 10.2. The highest BCUT2D eigenvalue weighted by molar-refractivity contribution is 9.10.